The largest absolute Gasteiger partial charge is 0.339 e. The molecule has 1 N–H and O–H groups in total. The first-order valence-electron chi connectivity index (χ1n) is 7.90. The second-order valence-corrected chi connectivity index (χ2v) is 6.62. The van der Waals surface area contributed by atoms with Crippen LogP contribution in [0.2, 0.25) is 0 Å². The Morgan fingerprint density at radius 1 is 1.19 bits per heavy atom. The smallest absolute Gasteiger partial charge is 0.231 e. The summed E-state index contributed by atoms with van der Waals surface area (Å²) in [5, 5.41) is 7.79. The van der Waals surface area contributed by atoms with E-state index in [0.29, 0.717) is 29.7 Å². The van der Waals surface area contributed by atoms with Gasteiger partial charge in [0.05, 0.1) is 5.92 Å². The van der Waals surface area contributed by atoms with E-state index in [0.717, 1.165) is 17.9 Å². The average Bonchev–Trinajstić information content (AvgIpc) is 3.23. The van der Waals surface area contributed by atoms with Crippen LogP contribution in [0.4, 0.5) is 0 Å². The van der Waals surface area contributed by atoms with Crippen molar-refractivity contribution in [2.75, 3.05) is 0 Å². The van der Waals surface area contributed by atoms with Crippen LogP contribution in [0.3, 0.4) is 0 Å². The molecule has 4 rings (SSSR count). The number of nitrogens with zero attached hydrogens (tertiary/aromatic N) is 2. The molecule has 0 spiro atoms. The third kappa shape index (κ3) is 2.27. The predicted molar refractivity (Wildman–Crippen MR) is 81.1 cm³/mol. The fourth-order valence-electron chi connectivity index (χ4n) is 3.62. The molecule has 3 heterocycles. The number of rotatable bonds is 3. The Labute approximate surface area is 124 Å². The molecule has 3 unspecified atom stereocenters. The van der Waals surface area contributed by atoms with Gasteiger partial charge in [-0.2, -0.15) is 4.98 Å². The van der Waals surface area contributed by atoms with E-state index >= 15 is 0 Å². The van der Waals surface area contributed by atoms with Crippen molar-refractivity contribution >= 4 is 0 Å². The highest BCUT2D eigenvalue weighted by Gasteiger charge is 2.42. The number of fused-ring (bicyclic) bond motifs is 2. The monoisotopic (exact) mass is 283 g/mol. The Morgan fingerprint density at radius 2 is 2.00 bits per heavy atom. The van der Waals surface area contributed by atoms with E-state index in [1.807, 2.05) is 0 Å². The molecule has 2 saturated heterocycles. The van der Waals surface area contributed by atoms with Gasteiger partial charge in [-0.25, -0.2) is 0 Å². The van der Waals surface area contributed by atoms with Gasteiger partial charge in [-0.05, 0) is 30.7 Å². The molecule has 2 bridgehead atoms. The van der Waals surface area contributed by atoms with E-state index in [-0.39, 0.29) is 0 Å². The topological polar surface area (TPSA) is 51.0 Å². The molecule has 2 fully saturated rings. The molecule has 0 saturated carbocycles. The average molecular weight is 283 g/mol. The van der Waals surface area contributed by atoms with Gasteiger partial charge in [0.25, 0.3) is 0 Å². The van der Waals surface area contributed by atoms with Crippen molar-refractivity contribution in [2.45, 2.75) is 57.0 Å². The van der Waals surface area contributed by atoms with Crippen molar-refractivity contribution in [1.82, 2.24) is 15.5 Å². The minimum Gasteiger partial charge on any atom is -0.339 e. The van der Waals surface area contributed by atoms with Gasteiger partial charge in [0, 0.05) is 17.6 Å². The van der Waals surface area contributed by atoms with E-state index in [1.54, 1.807) is 0 Å². The molecule has 110 valence electrons. The Kier molecular flexibility index (Phi) is 3.07. The summed E-state index contributed by atoms with van der Waals surface area (Å²) in [6.45, 7) is 4.40. The summed E-state index contributed by atoms with van der Waals surface area (Å²) in [4.78, 5) is 4.64. The maximum atomic E-state index is 5.53. The second kappa shape index (κ2) is 4.95. The van der Waals surface area contributed by atoms with Crippen LogP contribution >= 0.6 is 0 Å². The van der Waals surface area contributed by atoms with Crippen molar-refractivity contribution in [3.05, 3.63) is 35.7 Å². The van der Waals surface area contributed by atoms with Crippen LogP contribution in [0, 0.1) is 0 Å². The molecule has 2 aliphatic heterocycles. The highest BCUT2D eigenvalue weighted by molar-refractivity contribution is 5.55. The summed E-state index contributed by atoms with van der Waals surface area (Å²) < 4.78 is 5.53. The van der Waals surface area contributed by atoms with Crippen LogP contribution < -0.4 is 5.32 Å². The summed E-state index contributed by atoms with van der Waals surface area (Å²) in [6, 6.07) is 9.66. The second-order valence-electron chi connectivity index (χ2n) is 6.62. The SMILES string of the molecule is CC(C)c1ccc(-c2noc(C3CC4CCC3N4)n2)cc1. The third-order valence-electron chi connectivity index (χ3n) is 4.89. The number of benzene rings is 1. The van der Waals surface area contributed by atoms with Crippen LogP contribution in [0.25, 0.3) is 11.4 Å². The van der Waals surface area contributed by atoms with E-state index in [9.17, 15) is 0 Å². The van der Waals surface area contributed by atoms with Crippen LogP contribution in [-0.4, -0.2) is 22.2 Å². The molecule has 4 heteroatoms. The molecule has 1 aromatic carbocycles. The first kappa shape index (κ1) is 13.0. The van der Waals surface area contributed by atoms with Gasteiger partial charge >= 0.3 is 0 Å². The number of hydrogen-bond donors (Lipinski definition) is 1. The van der Waals surface area contributed by atoms with Crippen molar-refractivity contribution in [3.63, 3.8) is 0 Å². The van der Waals surface area contributed by atoms with E-state index in [4.69, 9.17) is 4.52 Å². The molecule has 2 aliphatic rings. The summed E-state index contributed by atoms with van der Waals surface area (Å²) in [7, 11) is 0. The summed E-state index contributed by atoms with van der Waals surface area (Å²) >= 11 is 0. The lowest BCUT2D eigenvalue weighted by Crippen LogP contribution is -2.21. The van der Waals surface area contributed by atoms with Gasteiger partial charge in [-0.15, -0.1) is 0 Å². The minimum absolute atomic E-state index is 0.403. The molecular weight excluding hydrogens is 262 g/mol. The summed E-state index contributed by atoms with van der Waals surface area (Å²) in [5.41, 5.74) is 2.37. The Bertz CT molecular complexity index is 632. The molecule has 0 radical (unpaired) electrons. The van der Waals surface area contributed by atoms with E-state index < -0.39 is 0 Å². The standard InChI is InChI=1S/C17H21N3O/c1-10(2)11-3-5-12(6-4-11)16-19-17(21-20-16)14-9-13-7-8-15(14)18-13/h3-6,10,13-15,18H,7-9H2,1-2H3. The van der Waals surface area contributed by atoms with Crippen molar-refractivity contribution in [3.8, 4) is 11.4 Å². The van der Waals surface area contributed by atoms with Crippen LogP contribution in [0.5, 0.6) is 0 Å². The Hall–Kier alpha value is -1.68. The van der Waals surface area contributed by atoms with Crippen LogP contribution in [-0.2, 0) is 0 Å². The molecule has 21 heavy (non-hydrogen) atoms. The first-order valence-corrected chi connectivity index (χ1v) is 7.90. The molecule has 0 amide bonds. The van der Waals surface area contributed by atoms with Gasteiger partial charge < -0.3 is 9.84 Å². The summed E-state index contributed by atoms with van der Waals surface area (Å²) in [5.74, 6) is 2.46. The van der Waals surface area contributed by atoms with Gasteiger partial charge in [-0.1, -0.05) is 43.3 Å². The molecule has 2 aromatic rings. The van der Waals surface area contributed by atoms with Crippen LogP contribution in [0.15, 0.2) is 28.8 Å². The highest BCUT2D eigenvalue weighted by Crippen LogP contribution is 2.39. The Balaban J connectivity index is 1.56. The quantitative estimate of drug-likeness (QED) is 0.937. The van der Waals surface area contributed by atoms with Gasteiger partial charge in [0.15, 0.2) is 0 Å². The number of hydrogen-bond acceptors (Lipinski definition) is 4. The number of aromatic nitrogens is 2. The molecule has 4 nitrogen and oxygen atoms in total. The first-order chi connectivity index (χ1) is 10.2. The predicted octanol–water partition coefficient (Wildman–Crippen LogP) is 3.47. The van der Waals surface area contributed by atoms with Gasteiger partial charge in [-0.3, -0.25) is 0 Å². The van der Waals surface area contributed by atoms with E-state index in [2.05, 4.69) is 53.6 Å². The lowest BCUT2D eigenvalue weighted by Gasteiger charge is -2.15. The zero-order chi connectivity index (χ0) is 14.4. The molecular formula is C17H21N3O. The highest BCUT2D eigenvalue weighted by atomic mass is 16.5. The fourth-order valence-corrected chi connectivity index (χ4v) is 3.62. The lowest BCUT2D eigenvalue weighted by atomic mass is 9.89. The zero-order valence-corrected chi connectivity index (χ0v) is 12.5. The maximum Gasteiger partial charge on any atom is 0.231 e. The molecule has 3 atom stereocenters. The van der Waals surface area contributed by atoms with E-state index in [1.165, 1.54) is 18.4 Å². The van der Waals surface area contributed by atoms with Gasteiger partial charge in [0.2, 0.25) is 11.7 Å². The summed E-state index contributed by atoms with van der Waals surface area (Å²) in [6.07, 6.45) is 3.66. The fraction of sp³-hybridized carbons (Fsp3) is 0.529. The van der Waals surface area contributed by atoms with Crippen molar-refractivity contribution < 1.29 is 4.52 Å². The van der Waals surface area contributed by atoms with Gasteiger partial charge in [0.1, 0.15) is 0 Å². The van der Waals surface area contributed by atoms with Crippen molar-refractivity contribution in [1.29, 1.82) is 0 Å². The molecule has 0 aliphatic carbocycles. The molecule has 1 aromatic heterocycles. The maximum absolute atomic E-state index is 5.53. The number of nitrogens with one attached hydrogen (secondary N) is 1. The lowest BCUT2D eigenvalue weighted by molar-refractivity contribution is 0.329. The normalized spacial score (nSPS) is 27.7. The van der Waals surface area contributed by atoms with Crippen molar-refractivity contribution in [2.24, 2.45) is 0 Å². The Morgan fingerprint density at radius 3 is 2.62 bits per heavy atom. The van der Waals surface area contributed by atoms with Crippen LogP contribution in [0.1, 0.15) is 56.4 Å². The third-order valence-corrected chi connectivity index (χ3v) is 4.89. The minimum atomic E-state index is 0.403. The zero-order valence-electron chi connectivity index (χ0n) is 12.5.